The van der Waals surface area contributed by atoms with Crippen LogP contribution in [0.4, 0.5) is 11.4 Å². The molecular formula is C25H28N2O5S. The molecule has 1 N–H and O–H groups in total. The van der Waals surface area contributed by atoms with E-state index in [4.69, 9.17) is 9.47 Å². The number of carbonyl (C=O) groups is 1. The van der Waals surface area contributed by atoms with Gasteiger partial charge in [-0.05, 0) is 60.9 Å². The first-order valence-electron chi connectivity index (χ1n) is 10.3. The largest absolute Gasteiger partial charge is 0.493 e. The molecule has 33 heavy (non-hydrogen) atoms. The molecule has 0 heterocycles. The molecule has 0 fully saturated rings. The van der Waals surface area contributed by atoms with Gasteiger partial charge >= 0.3 is 0 Å². The van der Waals surface area contributed by atoms with Crippen molar-refractivity contribution >= 4 is 27.3 Å². The molecule has 0 aliphatic rings. The SMILES string of the molecule is COc1ccc(NC(=O)c2ccc(CN(c3cc(C)ccc3C)S(C)(=O)=O)cc2)cc1OC. The Morgan fingerprint density at radius 3 is 2.18 bits per heavy atom. The predicted molar refractivity (Wildman–Crippen MR) is 131 cm³/mol. The molecule has 8 heteroatoms. The molecule has 0 atom stereocenters. The number of hydrogen-bond donors (Lipinski definition) is 1. The summed E-state index contributed by atoms with van der Waals surface area (Å²) in [6.07, 6.45) is 1.19. The van der Waals surface area contributed by atoms with E-state index in [1.165, 1.54) is 17.7 Å². The van der Waals surface area contributed by atoms with Crippen LogP contribution in [0, 0.1) is 13.8 Å². The lowest BCUT2D eigenvalue weighted by Crippen LogP contribution is -2.30. The lowest BCUT2D eigenvalue weighted by Gasteiger charge is -2.25. The number of aryl methyl sites for hydroxylation is 2. The van der Waals surface area contributed by atoms with Crippen molar-refractivity contribution in [3.05, 3.63) is 82.9 Å². The van der Waals surface area contributed by atoms with Gasteiger partial charge < -0.3 is 14.8 Å². The van der Waals surface area contributed by atoms with Crippen LogP contribution in [0.5, 0.6) is 11.5 Å². The molecule has 7 nitrogen and oxygen atoms in total. The summed E-state index contributed by atoms with van der Waals surface area (Å²) in [5, 5.41) is 2.83. The third-order valence-corrected chi connectivity index (χ3v) is 6.34. The van der Waals surface area contributed by atoms with Gasteiger partial charge in [0.25, 0.3) is 5.91 Å². The van der Waals surface area contributed by atoms with E-state index in [9.17, 15) is 13.2 Å². The fraction of sp³-hybridized carbons (Fsp3) is 0.240. The van der Waals surface area contributed by atoms with Gasteiger partial charge in [-0.25, -0.2) is 8.42 Å². The number of nitrogens with zero attached hydrogens (tertiary/aromatic N) is 1. The fourth-order valence-corrected chi connectivity index (χ4v) is 4.35. The molecule has 0 aliphatic carbocycles. The number of hydrogen-bond acceptors (Lipinski definition) is 5. The van der Waals surface area contributed by atoms with E-state index < -0.39 is 10.0 Å². The summed E-state index contributed by atoms with van der Waals surface area (Å²) in [7, 11) is -0.431. The van der Waals surface area contributed by atoms with Gasteiger partial charge in [0.1, 0.15) is 0 Å². The second-order valence-electron chi connectivity index (χ2n) is 7.78. The molecule has 3 rings (SSSR count). The van der Waals surface area contributed by atoms with Crippen molar-refractivity contribution < 1.29 is 22.7 Å². The van der Waals surface area contributed by atoms with Crippen LogP contribution in [0.1, 0.15) is 27.0 Å². The number of sulfonamides is 1. The van der Waals surface area contributed by atoms with Crippen LogP contribution >= 0.6 is 0 Å². The van der Waals surface area contributed by atoms with Crippen molar-refractivity contribution in [1.29, 1.82) is 0 Å². The highest BCUT2D eigenvalue weighted by Gasteiger charge is 2.20. The Morgan fingerprint density at radius 1 is 0.909 bits per heavy atom. The number of methoxy groups -OCH3 is 2. The van der Waals surface area contributed by atoms with Crippen LogP contribution in [0.3, 0.4) is 0 Å². The van der Waals surface area contributed by atoms with Crippen molar-refractivity contribution in [2.24, 2.45) is 0 Å². The molecule has 0 saturated heterocycles. The van der Waals surface area contributed by atoms with Gasteiger partial charge in [0.15, 0.2) is 11.5 Å². The molecular weight excluding hydrogens is 440 g/mol. The fourth-order valence-electron chi connectivity index (χ4n) is 3.41. The Labute approximate surface area is 195 Å². The summed E-state index contributed by atoms with van der Waals surface area (Å²) in [4.78, 5) is 12.7. The maximum atomic E-state index is 12.7. The van der Waals surface area contributed by atoms with Crippen molar-refractivity contribution in [3.8, 4) is 11.5 Å². The zero-order chi connectivity index (χ0) is 24.2. The maximum absolute atomic E-state index is 12.7. The summed E-state index contributed by atoms with van der Waals surface area (Å²) >= 11 is 0. The standard InChI is InChI=1S/C25H28N2O5S/c1-17-6-7-18(2)22(14-17)27(33(5,29)30)16-19-8-10-20(11-9-19)25(28)26-21-12-13-23(31-3)24(15-21)32-4/h6-15H,16H2,1-5H3,(H,26,28). The highest BCUT2D eigenvalue weighted by Crippen LogP contribution is 2.30. The summed E-state index contributed by atoms with van der Waals surface area (Å²) < 4.78 is 36.9. The van der Waals surface area contributed by atoms with Gasteiger partial charge in [0.05, 0.1) is 32.7 Å². The number of anilines is 2. The monoisotopic (exact) mass is 468 g/mol. The van der Waals surface area contributed by atoms with Crippen molar-refractivity contribution in [3.63, 3.8) is 0 Å². The van der Waals surface area contributed by atoms with Crippen LogP contribution in [0.2, 0.25) is 0 Å². The summed E-state index contributed by atoms with van der Waals surface area (Å²) in [5.74, 6) is 0.792. The second kappa shape index (κ2) is 9.95. The Hall–Kier alpha value is -3.52. The van der Waals surface area contributed by atoms with E-state index in [1.54, 1.807) is 49.6 Å². The van der Waals surface area contributed by atoms with E-state index in [-0.39, 0.29) is 12.5 Å². The lowest BCUT2D eigenvalue weighted by atomic mass is 10.1. The van der Waals surface area contributed by atoms with Crippen LogP contribution in [-0.2, 0) is 16.6 Å². The van der Waals surface area contributed by atoms with Crippen LogP contribution in [0.25, 0.3) is 0 Å². The Morgan fingerprint density at radius 2 is 1.58 bits per heavy atom. The van der Waals surface area contributed by atoms with E-state index in [0.717, 1.165) is 16.7 Å². The maximum Gasteiger partial charge on any atom is 0.255 e. The van der Waals surface area contributed by atoms with Crippen LogP contribution in [-0.4, -0.2) is 34.8 Å². The number of rotatable bonds is 8. The summed E-state index contributed by atoms with van der Waals surface area (Å²) in [6.45, 7) is 3.98. The minimum atomic E-state index is -3.50. The molecule has 1 amide bonds. The van der Waals surface area contributed by atoms with Crippen LogP contribution in [0.15, 0.2) is 60.7 Å². The molecule has 0 aromatic heterocycles. The average Bonchev–Trinajstić information content (AvgIpc) is 2.78. The first-order valence-corrected chi connectivity index (χ1v) is 12.1. The minimum absolute atomic E-state index is 0.167. The molecule has 0 bridgehead atoms. The molecule has 3 aromatic carbocycles. The van der Waals surface area contributed by atoms with Gasteiger partial charge in [-0.1, -0.05) is 24.3 Å². The van der Waals surface area contributed by atoms with Gasteiger partial charge in [-0.15, -0.1) is 0 Å². The first kappa shape index (κ1) is 24.1. The Balaban J connectivity index is 1.78. The quantitative estimate of drug-likeness (QED) is 0.525. The Kier molecular flexibility index (Phi) is 7.28. The number of nitrogens with one attached hydrogen (secondary N) is 1. The zero-order valence-electron chi connectivity index (χ0n) is 19.4. The van der Waals surface area contributed by atoms with Crippen LogP contribution < -0.4 is 19.1 Å². The number of carbonyl (C=O) groups excluding carboxylic acids is 1. The molecule has 0 saturated carbocycles. The van der Waals surface area contributed by atoms with Gasteiger partial charge in [0.2, 0.25) is 10.0 Å². The molecule has 0 spiro atoms. The topological polar surface area (TPSA) is 84.9 Å². The smallest absolute Gasteiger partial charge is 0.255 e. The predicted octanol–water partition coefficient (Wildman–Crippen LogP) is 4.54. The van der Waals surface area contributed by atoms with E-state index >= 15 is 0 Å². The van der Waals surface area contributed by atoms with Gasteiger partial charge in [-0.2, -0.15) is 0 Å². The molecule has 0 unspecified atom stereocenters. The Bertz CT molecular complexity index is 1250. The molecule has 0 radical (unpaired) electrons. The first-order chi connectivity index (χ1) is 15.6. The number of amides is 1. The third kappa shape index (κ3) is 5.84. The summed E-state index contributed by atoms with van der Waals surface area (Å²) in [5.41, 5.74) is 4.28. The minimum Gasteiger partial charge on any atom is -0.493 e. The molecule has 3 aromatic rings. The zero-order valence-corrected chi connectivity index (χ0v) is 20.2. The average molecular weight is 469 g/mol. The van der Waals surface area contributed by atoms with Crippen molar-refractivity contribution in [2.45, 2.75) is 20.4 Å². The molecule has 0 aliphatic heterocycles. The van der Waals surface area contributed by atoms with Crippen molar-refractivity contribution in [1.82, 2.24) is 0 Å². The highest BCUT2D eigenvalue weighted by atomic mass is 32.2. The summed E-state index contributed by atoms with van der Waals surface area (Å²) in [6, 6.07) is 17.7. The highest BCUT2D eigenvalue weighted by molar-refractivity contribution is 7.92. The normalized spacial score (nSPS) is 11.1. The lowest BCUT2D eigenvalue weighted by molar-refractivity contribution is 0.102. The van der Waals surface area contributed by atoms with Gasteiger partial charge in [-0.3, -0.25) is 9.10 Å². The molecule has 174 valence electrons. The van der Waals surface area contributed by atoms with Crippen molar-refractivity contribution in [2.75, 3.05) is 30.1 Å². The van der Waals surface area contributed by atoms with E-state index in [2.05, 4.69) is 5.32 Å². The second-order valence-corrected chi connectivity index (χ2v) is 9.69. The van der Waals surface area contributed by atoms with Gasteiger partial charge in [0, 0.05) is 17.3 Å². The number of benzene rings is 3. The van der Waals surface area contributed by atoms with E-state index in [0.29, 0.717) is 28.4 Å². The number of ether oxygens (including phenoxy) is 2. The van der Waals surface area contributed by atoms with E-state index in [1.807, 2.05) is 32.0 Å². The third-order valence-electron chi connectivity index (χ3n) is 5.22.